The van der Waals surface area contributed by atoms with Crippen LogP contribution in [0.2, 0.25) is 0 Å². The molecule has 9 nitrogen and oxygen atoms in total. The summed E-state index contributed by atoms with van der Waals surface area (Å²) in [7, 11) is 0. The number of nitrogens with one attached hydrogen (secondary N) is 1. The number of carbonyl (C=O) groups is 1. The Morgan fingerprint density at radius 3 is 2.71 bits per heavy atom. The number of rotatable bonds is 5. The van der Waals surface area contributed by atoms with Gasteiger partial charge in [0.1, 0.15) is 17.0 Å². The fourth-order valence-electron chi connectivity index (χ4n) is 5.70. The number of nitrogen functional groups attached to an aromatic ring is 1. The third kappa shape index (κ3) is 3.55. The number of aromatic nitrogens is 4. The normalized spacial score (nSPS) is 25.8. The number of benzene rings is 1. The molecule has 3 N–H and O–H groups in total. The number of anilines is 1. The highest BCUT2D eigenvalue weighted by atomic mass is 16.5. The van der Waals surface area contributed by atoms with Crippen molar-refractivity contribution in [2.45, 2.75) is 44.2 Å². The van der Waals surface area contributed by atoms with E-state index in [4.69, 9.17) is 15.6 Å². The van der Waals surface area contributed by atoms with E-state index in [9.17, 15) is 9.59 Å². The summed E-state index contributed by atoms with van der Waals surface area (Å²) in [6.45, 7) is 4.72. The quantitative estimate of drug-likeness (QED) is 0.565. The predicted molar refractivity (Wildman–Crippen MR) is 128 cm³/mol. The molecule has 2 aliphatic carbocycles. The summed E-state index contributed by atoms with van der Waals surface area (Å²) in [5.41, 5.74) is 7.69. The van der Waals surface area contributed by atoms with Gasteiger partial charge in [-0.1, -0.05) is 6.58 Å². The number of fused-ring (bicyclic) bond motifs is 2. The lowest BCUT2D eigenvalue weighted by atomic mass is 10.1. The second kappa shape index (κ2) is 8.00. The lowest BCUT2D eigenvalue weighted by molar-refractivity contribution is -0.127. The van der Waals surface area contributed by atoms with E-state index in [1.54, 1.807) is 9.58 Å². The van der Waals surface area contributed by atoms with Gasteiger partial charge in [0.25, 0.3) is 5.56 Å². The predicted octanol–water partition coefficient (Wildman–Crippen LogP) is 2.90. The number of amides is 1. The van der Waals surface area contributed by atoms with E-state index in [2.05, 4.69) is 16.8 Å². The molecular formula is C25H28N6O3. The molecule has 1 aliphatic heterocycles. The molecular weight excluding hydrogens is 432 g/mol. The Hall–Kier alpha value is -3.62. The van der Waals surface area contributed by atoms with E-state index < -0.39 is 0 Å². The smallest absolute Gasteiger partial charge is 0.290 e. The van der Waals surface area contributed by atoms with Gasteiger partial charge in [-0.3, -0.25) is 14.3 Å². The van der Waals surface area contributed by atoms with Crippen molar-refractivity contribution in [3.63, 3.8) is 0 Å². The van der Waals surface area contributed by atoms with Gasteiger partial charge in [-0.25, -0.2) is 5.10 Å². The van der Waals surface area contributed by atoms with Crippen LogP contribution in [0.5, 0.6) is 5.75 Å². The lowest BCUT2D eigenvalue weighted by Crippen LogP contribution is -2.40. The molecule has 34 heavy (non-hydrogen) atoms. The van der Waals surface area contributed by atoms with Crippen molar-refractivity contribution in [3.8, 4) is 17.0 Å². The highest BCUT2D eigenvalue weighted by Crippen LogP contribution is 2.52. The Balaban J connectivity index is 1.35. The monoisotopic (exact) mass is 460 g/mol. The molecule has 3 aliphatic rings. The van der Waals surface area contributed by atoms with E-state index in [0.717, 1.165) is 48.8 Å². The highest BCUT2D eigenvalue weighted by Gasteiger charge is 2.46. The third-order valence-electron chi connectivity index (χ3n) is 7.52. The molecule has 6 rings (SSSR count). The summed E-state index contributed by atoms with van der Waals surface area (Å²) in [5.74, 6) is 2.67. The van der Waals surface area contributed by atoms with Crippen LogP contribution in [-0.4, -0.2) is 50.0 Å². The zero-order valence-electron chi connectivity index (χ0n) is 18.9. The molecule has 9 heteroatoms. The van der Waals surface area contributed by atoms with Crippen LogP contribution in [-0.2, 0) is 4.79 Å². The van der Waals surface area contributed by atoms with Gasteiger partial charge in [0.05, 0.1) is 17.5 Å². The number of aromatic amines is 1. The summed E-state index contributed by atoms with van der Waals surface area (Å²) in [6.07, 6.45) is 6.91. The minimum atomic E-state index is -0.352. The number of ether oxygens (including phenoxy) is 1. The molecule has 1 aromatic carbocycles. The van der Waals surface area contributed by atoms with Crippen LogP contribution in [0.1, 0.15) is 38.1 Å². The van der Waals surface area contributed by atoms with Crippen LogP contribution in [0.3, 0.4) is 0 Å². The van der Waals surface area contributed by atoms with E-state index in [0.29, 0.717) is 35.8 Å². The van der Waals surface area contributed by atoms with Crippen molar-refractivity contribution in [2.24, 2.45) is 11.8 Å². The molecule has 0 bridgehead atoms. The van der Waals surface area contributed by atoms with Gasteiger partial charge in [-0.15, -0.1) is 0 Å². The maximum absolute atomic E-state index is 12.8. The number of H-pyrrole nitrogens is 1. The number of carbonyl (C=O) groups excluding carboxylic acids is 1. The number of nitrogens with two attached hydrogens (primary N) is 1. The number of hydrogen-bond acceptors (Lipinski definition) is 6. The SMILES string of the molecule is C=CC(=O)N1CCC[C@@H](n2nc(-c3ccc(OC4CC5CC5C4)cc3)c3c(N)n[nH]c(=O)c32)C1. The maximum atomic E-state index is 12.8. The number of hydrogen-bond donors (Lipinski definition) is 2. The Morgan fingerprint density at radius 2 is 1.97 bits per heavy atom. The molecule has 2 unspecified atom stereocenters. The molecule has 1 saturated heterocycles. The molecule has 3 aromatic rings. The van der Waals surface area contributed by atoms with Crippen LogP contribution >= 0.6 is 0 Å². The van der Waals surface area contributed by atoms with Crippen LogP contribution in [0.25, 0.3) is 22.2 Å². The minimum absolute atomic E-state index is 0.119. The summed E-state index contributed by atoms with van der Waals surface area (Å²) in [4.78, 5) is 26.8. The van der Waals surface area contributed by atoms with Gasteiger partial charge >= 0.3 is 0 Å². The zero-order valence-corrected chi connectivity index (χ0v) is 18.9. The molecule has 1 amide bonds. The van der Waals surface area contributed by atoms with E-state index in [-0.39, 0.29) is 23.3 Å². The van der Waals surface area contributed by atoms with Crippen LogP contribution in [0.15, 0.2) is 41.7 Å². The molecule has 2 saturated carbocycles. The van der Waals surface area contributed by atoms with Crippen molar-refractivity contribution < 1.29 is 9.53 Å². The van der Waals surface area contributed by atoms with Crippen LogP contribution < -0.4 is 16.0 Å². The molecule has 3 atom stereocenters. The standard InChI is InChI=1S/C25H28N6O3/c1-2-20(32)30-9-3-4-17(13-30)31-23-21(24(26)27-28-25(23)33)22(29-31)14-5-7-18(8-6-14)34-19-11-15-10-16(15)12-19/h2,5-8,15-17,19H,1,3-4,9-13H2,(H2,26,27)(H,28,33)/t15?,16?,17-,19?/m1/s1. The van der Waals surface area contributed by atoms with Crippen molar-refractivity contribution >= 4 is 22.6 Å². The average molecular weight is 461 g/mol. The van der Waals surface area contributed by atoms with Crippen molar-refractivity contribution in [2.75, 3.05) is 18.8 Å². The second-order valence-corrected chi connectivity index (χ2v) is 9.73. The van der Waals surface area contributed by atoms with Crippen LogP contribution in [0.4, 0.5) is 5.82 Å². The first-order chi connectivity index (χ1) is 16.5. The third-order valence-corrected chi connectivity index (χ3v) is 7.52. The van der Waals surface area contributed by atoms with E-state index in [1.807, 2.05) is 24.3 Å². The van der Waals surface area contributed by atoms with Crippen molar-refractivity contribution in [1.82, 2.24) is 24.9 Å². The summed E-state index contributed by atoms with van der Waals surface area (Å²) in [6, 6.07) is 7.66. The molecule has 176 valence electrons. The fraction of sp³-hybridized carbons (Fsp3) is 0.440. The molecule has 0 spiro atoms. The summed E-state index contributed by atoms with van der Waals surface area (Å²) in [5, 5.41) is 11.8. The lowest BCUT2D eigenvalue weighted by Gasteiger charge is -2.32. The Bertz CT molecular complexity index is 1320. The first kappa shape index (κ1) is 20.9. The average Bonchev–Trinajstić information content (AvgIpc) is 3.27. The molecule has 0 radical (unpaired) electrons. The first-order valence-electron chi connectivity index (χ1n) is 12.0. The van der Waals surface area contributed by atoms with Gasteiger partial charge in [0.15, 0.2) is 5.82 Å². The van der Waals surface area contributed by atoms with Gasteiger partial charge in [0, 0.05) is 18.7 Å². The summed E-state index contributed by atoms with van der Waals surface area (Å²) >= 11 is 0. The van der Waals surface area contributed by atoms with E-state index >= 15 is 0 Å². The number of piperidine rings is 1. The Morgan fingerprint density at radius 1 is 1.21 bits per heavy atom. The second-order valence-electron chi connectivity index (χ2n) is 9.73. The topological polar surface area (TPSA) is 119 Å². The van der Waals surface area contributed by atoms with Crippen LogP contribution in [0, 0.1) is 11.8 Å². The highest BCUT2D eigenvalue weighted by molar-refractivity contribution is 5.99. The molecule has 3 heterocycles. The zero-order chi connectivity index (χ0) is 23.4. The minimum Gasteiger partial charge on any atom is -0.490 e. The van der Waals surface area contributed by atoms with Crippen molar-refractivity contribution in [1.29, 1.82) is 0 Å². The van der Waals surface area contributed by atoms with Gasteiger partial charge in [0.2, 0.25) is 5.91 Å². The molecule has 3 fully saturated rings. The summed E-state index contributed by atoms with van der Waals surface area (Å²) < 4.78 is 7.90. The number of nitrogens with zero attached hydrogens (tertiary/aromatic N) is 4. The van der Waals surface area contributed by atoms with Gasteiger partial charge in [-0.05, 0) is 74.3 Å². The Labute approximate surface area is 196 Å². The first-order valence-corrected chi connectivity index (χ1v) is 12.0. The van der Waals surface area contributed by atoms with Gasteiger partial charge in [-0.2, -0.15) is 10.2 Å². The fourth-order valence-corrected chi connectivity index (χ4v) is 5.70. The maximum Gasteiger partial charge on any atom is 0.290 e. The van der Waals surface area contributed by atoms with E-state index in [1.165, 1.54) is 12.5 Å². The van der Waals surface area contributed by atoms with Gasteiger partial charge < -0.3 is 15.4 Å². The number of likely N-dealkylation sites (tertiary alicyclic amines) is 1. The van der Waals surface area contributed by atoms with Crippen molar-refractivity contribution in [3.05, 3.63) is 47.3 Å². The largest absolute Gasteiger partial charge is 0.490 e. The molecule has 2 aromatic heterocycles. The Kier molecular flexibility index (Phi) is 4.93.